The third kappa shape index (κ3) is 4.63. The number of sulfone groups is 1. The third-order valence-electron chi connectivity index (χ3n) is 3.36. The summed E-state index contributed by atoms with van der Waals surface area (Å²) in [6.45, 7) is 1.21. The average Bonchev–Trinajstić information content (AvgIpc) is 2.57. The number of anilines is 1. The van der Waals surface area contributed by atoms with Crippen LogP contribution in [0.25, 0.3) is 0 Å². The van der Waals surface area contributed by atoms with E-state index in [0.29, 0.717) is 0 Å². The molecule has 0 fully saturated rings. The van der Waals surface area contributed by atoms with Gasteiger partial charge in [-0.15, -0.1) is 0 Å². The predicted octanol–water partition coefficient (Wildman–Crippen LogP) is 2.55. The van der Waals surface area contributed by atoms with Crippen molar-refractivity contribution in [3.05, 3.63) is 59.7 Å². The van der Waals surface area contributed by atoms with E-state index < -0.39 is 45.1 Å². The van der Waals surface area contributed by atoms with E-state index in [4.69, 9.17) is 4.74 Å². The van der Waals surface area contributed by atoms with E-state index in [1.54, 1.807) is 0 Å². The highest BCUT2D eigenvalue weighted by Crippen LogP contribution is 2.19. The van der Waals surface area contributed by atoms with Crippen molar-refractivity contribution >= 4 is 27.4 Å². The Bertz CT molecular complexity index is 939. The zero-order valence-electron chi connectivity index (χ0n) is 13.8. The Hall–Kier alpha value is -2.81. The van der Waals surface area contributed by atoms with E-state index in [9.17, 15) is 26.8 Å². The van der Waals surface area contributed by atoms with E-state index in [-0.39, 0.29) is 10.5 Å². The number of rotatable bonds is 5. The molecule has 0 aliphatic rings. The monoisotopic (exact) mass is 383 g/mol. The first-order chi connectivity index (χ1) is 12.1. The molecule has 0 saturated heterocycles. The van der Waals surface area contributed by atoms with Gasteiger partial charge < -0.3 is 10.1 Å². The number of carbonyl (C=O) groups is 2. The van der Waals surface area contributed by atoms with E-state index in [1.165, 1.54) is 25.1 Å². The summed E-state index contributed by atoms with van der Waals surface area (Å²) in [4.78, 5) is 24.0. The number of carbonyl (C=O) groups excluding carboxylic acids is 2. The maximum Gasteiger partial charge on any atom is 0.338 e. The maximum absolute atomic E-state index is 13.5. The van der Waals surface area contributed by atoms with Gasteiger partial charge in [-0.05, 0) is 37.3 Å². The van der Waals surface area contributed by atoms with Crippen LogP contribution in [0.1, 0.15) is 17.3 Å². The minimum absolute atomic E-state index is 0.0790. The standard InChI is InChI=1S/C17H15F2NO5S/c1-10(16(21)20-15-13(18)7-4-8-14(15)19)25-17(22)11-5-3-6-12(9-11)26(2,23)24/h3-10H,1-2H3,(H,20,21). The second-order valence-corrected chi connectivity index (χ2v) is 7.45. The van der Waals surface area contributed by atoms with Crippen LogP contribution in [0.2, 0.25) is 0 Å². The highest BCUT2D eigenvalue weighted by molar-refractivity contribution is 7.90. The van der Waals surface area contributed by atoms with Gasteiger partial charge >= 0.3 is 5.97 Å². The highest BCUT2D eigenvalue weighted by Gasteiger charge is 2.22. The molecule has 2 rings (SSSR count). The molecule has 0 aliphatic carbocycles. The van der Waals surface area contributed by atoms with E-state index >= 15 is 0 Å². The minimum atomic E-state index is -3.52. The number of amides is 1. The molecule has 1 N–H and O–H groups in total. The molecule has 0 saturated carbocycles. The molecular weight excluding hydrogens is 368 g/mol. The summed E-state index contributed by atoms with van der Waals surface area (Å²) in [6, 6.07) is 8.16. The minimum Gasteiger partial charge on any atom is -0.449 e. The molecule has 0 radical (unpaired) electrons. The van der Waals surface area contributed by atoms with Crippen molar-refractivity contribution in [2.45, 2.75) is 17.9 Å². The zero-order chi connectivity index (χ0) is 19.5. The Morgan fingerprint density at radius 1 is 1.08 bits per heavy atom. The van der Waals surface area contributed by atoms with Crippen LogP contribution >= 0.6 is 0 Å². The van der Waals surface area contributed by atoms with E-state index in [0.717, 1.165) is 30.5 Å². The van der Waals surface area contributed by atoms with Crippen LogP contribution in [0.15, 0.2) is 47.4 Å². The fraction of sp³-hybridized carbons (Fsp3) is 0.176. The summed E-state index contributed by atoms with van der Waals surface area (Å²) in [5, 5.41) is 2.01. The first-order valence-corrected chi connectivity index (χ1v) is 9.24. The third-order valence-corrected chi connectivity index (χ3v) is 4.47. The maximum atomic E-state index is 13.5. The lowest BCUT2D eigenvalue weighted by molar-refractivity contribution is -0.123. The fourth-order valence-electron chi connectivity index (χ4n) is 1.98. The summed E-state index contributed by atoms with van der Waals surface area (Å²) in [7, 11) is -3.52. The Morgan fingerprint density at radius 3 is 2.23 bits per heavy atom. The van der Waals surface area contributed by atoms with E-state index in [2.05, 4.69) is 0 Å². The lowest BCUT2D eigenvalue weighted by atomic mass is 10.2. The molecule has 1 atom stereocenters. The van der Waals surface area contributed by atoms with Gasteiger partial charge in [0, 0.05) is 6.26 Å². The van der Waals surface area contributed by atoms with Gasteiger partial charge in [-0.3, -0.25) is 4.79 Å². The molecule has 2 aromatic carbocycles. The van der Waals surface area contributed by atoms with Crippen LogP contribution in [-0.4, -0.2) is 32.7 Å². The Kier molecular flexibility index (Phi) is 5.71. The fourth-order valence-corrected chi connectivity index (χ4v) is 2.64. The number of para-hydroxylation sites is 1. The van der Waals surface area contributed by atoms with Crippen molar-refractivity contribution < 1.29 is 31.5 Å². The van der Waals surface area contributed by atoms with Gasteiger partial charge in [-0.2, -0.15) is 0 Å². The smallest absolute Gasteiger partial charge is 0.338 e. The van der Waals surface area contributed by atoms with Crippen molar-refractivity contribution in [3.8, 4) is 0 Å². The Labute approximate surface area is 148 Å². The van der Waals surface area contributed by atoms with Gasteiger partial charge in [-0.1, -0.05) is 12.1 Å². The largest absolute Gasteiger partial charge is 0.449 e. The number of hydrogen-bond acceptors (Lipinski definition) is 5. The number of ether oxygens (including phenoxy) is 1. The molecule has 2 aromatic rings. The molecule has 0 bridgehead atoms. The second-order valence-electron chi connectivity index (χ2n) is 5.43. The SMILES string of the molecule is CC(OC(=O)c1cccc(S(C)(=O)=O)c1)C(=O)Nc1c(F)cccc1F. The van der Waals surface area contributed by atoms with Gasteiger partial charge in [0.15, 0.2) is 15.9 Å². The molecule has 26 heavy (non-hydrogen) atoms. The molecule has 0 spiro atoms. The van der Waals surface area contributed by atoms with Gasteiger partial charge in [0.05, 0.1) is 10.5 Å². The van der Waals surface area contributed by atoms with E-state index in [1.807, 2.05) is 5.32 Å². The summed E-state index contributed by atoms with van der Waals surface area (Å²) >= 11 is 0. The van der Waals surface area contributed by atoms with Crippen molar-refractivity contribution in [1.29, 1.82) is 0 Å². The second kappa shape index (κ2) is 7.61. The van der Waals surface area contributed by atoms with Gasteiger partial charge in [0.1, 0.15) is 17.3 Å². The van der Waals surface area contributed by atoms with Crippen LogP contribution in [-0.2, 0) is 19.4 Å². The number of hydrogen-bond donors (Lipinski definition) is 1. The molecule has 9 heteroatoms. The lowest BCUT2D eigenvalue weighted by Crippen LogP contribution is -2.30. The van der Waals surface area contributed by atoms with Crippen molar-refractivity contribution in [3.63, 3.8) is 0 Å². The quantitative estimate of drug-likeness (QED) is 0.802. The summed E-state index contributed by atoms with van der Waals surface area (Å²) in [5.74, 6) is -3.84. The van der Waals surface area contributed by atoms with Crippen LogP contribution in [0, 0.1) is 11.6 Å². The number of nitrogens with one attached hydrogen (secondary N) is 1. The molecule has 1 unspecified atom stereocenters. The summed E-state index contributed by atoms with van der Waals surface area (Å²) in [5.41, 5.74) is -0.732. The van der Waals surface area contributed by atoms with Gasteiger partial charge in [0.2, 0.25) is 0 Å². The average molecular weight is 383 g/mol. The predicted molar refractivity (Wildman–Crippen MR) is 89.4 cm³/mol. The van der Waals surface area contributed by atoms with Gasteiger partial charge in [-0.25, -0.2) is 22.0 Å². The number of benzene rings is 2. The normalized spacial score (nSPS) is 12.3. The van der Waals surface area contributed by atoms with Crippen molar-refractivity contribution in [1.82, 2.24) is 0 Å². The molecule has 1 amide bonds. The highest BCUT2D eigenvalue weighted by atomic mass is 32.2. The van der Waals surface area contributed by atoms with Crippen LogP contribution in [0.5, 0.6) is 0 Å². The van der Waals surface area contributed by atoms with Gasteiger partial charge in [0.25, 0.3) is 5.91 Å². The first-order valence-electron chi connectivity index (χ1n) is 7.35. The molecular formula is C17H15F2NO5S. The molecule has 138 valence electrons. The first kappa shape index (κ1) is 19.5. The van der Waals surface area contributed by atoms with Crippen LogP contribution in [0.3, 0.4) is 0 Å². The van der Waals surface area contributed by atoms with Crippen LogP contribution < -0.4 is 5.32 Å². The van der Waals surface area contributed by atoms with Crippen molar-refractivity contribution in [2.75, 3.05) is 11.6 Å². The Balaban J connectivity index is 2.11. The number of esters is 1. The van der Waals surface area contributed by atoms with Crippen LogP contribution in [0.4, 0.5) is 14.5 Å². The number of halogens is 2. The zero-order valence-corrected chi connectivity index (χ0v) is 14.6. The molecule has 0 aliphatic heterocycles. The molecule has 6 nitrogen and oxygen atoms in total. The topological polar surface area (TPSA) is 89.5 Å². The lowest BCUT2D eigenvalue weighted by Gasteiger charge is -2.14. The Morgan fingerprint density at radius 2 is 1.65 bits per heavy atom. The molecule has 0 heterocycles. The summed E-state index contributed by atoms with van der Waals surface area (Å²) in [6.07, 6.45) is -0.389. The molecule has 0 aromatic heterocycles. The van der Waals surface area contributed by atoms with Crippen molar-refractivity contribution in [2.24, 2.45) is 0 Å². The summed E-state index contributed by atoms with van der Waals surface area (Å²) < 4.78 is 55.0.